The van der Waals surface area contributed by atoms with Gasteiger partial charge in [-0.15, -0.1) is 0 Å². The Hall–Kier alpha value is -6.26. The molecule has 9 aromatic rings. The molecule has 0 bridgehead atoms. The Morgan fingerprint density at radius 2 is 1.21 bits per heavy atom. The topological polar surface area (TPSA) is 21.3 Å². The highest BCUT2D eigenvalue weighted by atomic mass is 16.3. The lowest BCUT2D eigenvalue weighted by atomic mass is 9.44. The van der Waals surface area contributed by atoms with Crippen LogP contribution < -0.4 is 15.9 Å². The maximum Gasteiger partial charge on any atom is 0.375 e. The summed E-state index contributed by atoms with van der Waals surface area (Å²) in [7, 11) is 0. The van der Waals surface area contributed by atoms with Gasteiger partial charge in [0.05, 0.1) is 22.1 Å². The van der Waals surface area contributed by atoms with Crippen molar-refractivity contribution < 1.29 is 4.42 Å². The van der Waals surface area contributed by atoms with Gasteiger partial charge in [0.1, 0.15) is 11.2 Å². The summed E-state index contributed by atoms with van der Waals surface area (Å²) in [6, 6.07) is 55.1. The number of fused-ring (bicyclic) bond motifs is 13. The molecule has 5 heterocycles. The Morgan fingerprint density at radius 3 is 1.95 bits per heavy atom. The summed E-state index contributed by atoms with van der Waals surface area (Å²) in [5, 5.41) is 3.85. The minimum Gasteiger partial charge on any atom is -0.466 e. The molecule has 7 aromatic carbocycles. The Balaban J connectivity index is 1.23. The van der Waals surface area contributed by atoms with Crippen LogP contribution in [0.15, 0.2) is 150 Å². The average Bonchev–Trinajstić information content (AvgIpc) is 3.80. The van der Waals surface area contributed by atoms with Crippen molar-refractivity contribution in [3.63, 3.8) is 0 Å². The number of hydrogen-bond donors (Lipinski definition) is 0. The largest absolute Gasteiger partial charge is 0.466 e. The zero-order valence-electron chi connectivity index (χ0n) is 33.7. The minimum atomic E-state index is -0.548. The molecule has 0 spiro atoms. The number of anilines is 2. The number of furan rings is 1. The second-order valence-corrected chi connectivity index (χ2v) is 18.7. The van der Waals surface area contributed by atoms with Gasteiger partial charge in [-0.05, 0) is 105 Å². The van der Waals surface area contributed by atoms with Gasteiger partial charge in [0, 0.05) is 33.1 Å². The second-order valence-electron chi connectivity index (χ2n) is 18.7. The van der Waals surface area contributed by atoms with Crippen LogP contribution in [0.3, 0.4) is 0 Å². The van der Waals surface area contributed by atoms with E-state index in [0.717, 1.165) is 24.1 Å². The van der Waals surface area contributed by atoms with Crippen LogP contribution in [0.4, 0.5) is 11.4 Å². The van der Waals surface area contributed by atoms with Crippen LogP contribution in [-0.4, -0.2) is 11.4 Å². The number of para-hydroxylation sites is 3. The van der Waals surface area contributed by atoms with E-state index in [1.165, 1.54) is 99.8 Å². The zero-order valence-corrected chi connectivity index (χ0v) is 33.7. The van der Waals surface area contributed by atoms with Gasteiger partial charge >= 0.3 is 6.85 Å². The lowest BCUT2D eigenvalue weighted by Gasteiger charge is -2.51. The fraction of sp³-hybridized carbons (Fsp3) is 0.185. The van der Waals surface area contributed by atoms with Crippen LogP contribution in [0.25, 0.3) is 49.6 Å². The van der Waals surface area contributed by atoms with Crippen molar-refractivity contribution in [2.45, 2.75) is 63.7 Å². The lowest BCUT2D eigenvalue weighted by Crippen LogP contribution is -2.62. The number of aryl methyl sites for hydroxylation is 1. The highest BCUT2D eigenvalue weighted by Gasteiger charge is 2.54. The summed E-state index contributed by atoms with van der Waals surface area (Å²) < 4.78 is 10.1. The van der Waals surface area contributed by atoms with Crippen LogP contribution >= 0.6 is 0 Å². The molecule has 0 amide bonds. The van der Waals surface area contributed by atoms with Crippen molar-refractivity contribution in [2.24, 2.45) is 0 Å². The molecular weight excluding hydrogens is 703 g/mol. The van der Waals surface area contributed by atoms with E-state index >= 15 is 0 Å². The fourth-order valence-corrected chi connectivity index (χ4v) is 12.1. The monoisotopic (exact) mass is 746 g/mol. The predicted molar refractivity (Wildman–Crippen MR) is 241 cm³/mol. The van der Waals surface area contributed by atoms with E-state index in [1.807, 2.05) is 0 Å². The first-order valence-corrected chi connectivity index (χ1v) is 21.0. The standard InChI is InChI=1S/C54H43BN2O/c1-32-29-37-35-22-16-24-40-48(35)57(44-26-15-13-23-39(44)54(40,33-17-8-6-9-18-33)34-19-10-7-11-20-34)55-47(37)50-46(32)36-21-12-14-25-43(36)56(50)49-38-30-41-42(31-45(38)58-51(49)55)53(4,5)28-27-52(41,2)3/h6-26,29-31H,27-28H2,1-5H3. The Labute approximate surface area is 339 Å². The molecule has 58 heavy (non-hydrogen) atoms. The maximum atomic E-state index is 7.53. The van der Waals surface area contributed by atoms with Gasteiger partial charge in [0.25, 0.3) is 0 Å². The maximum absolute atomic E-state index is 7.53. The number of rotatable bonds is 2. The summed E-state index contributed by atoms with van der Waals surface area (Å²) in [6.45, 7) is 11.8. The normalized spacial score (nSPS) is 17.3. The van der Waals surface area contributed by atoms with E-state index < -0.39 is 5.41 Å². The molecule has 278 valence electrons. The third-order valence-corrected chi connectivity index (χ3v) is 14.8. The van der Waals surface area contributed by atoms with Crippen molar-refractivity contribution in [1.82, 2.24) is 4.57 Å². The molecule has 2 aromatic heterocycles. The predicted octanol–water partition coefficient (Wildman–Crippen LogP) is 12.1. The molecule has 1 aliphatic carbocycles. The number of benzene rings is 7. The van der Waals surface area contributed by atoms with Crippen LogP contribution in [0.5, 0.6) is 0 Å². The number of nitrogens with zero attached hydrogens (tertiary/aromatic N) is 2. The summed E-state index contributed by atoms with van der Waals surface area (Å²) in [6.07, 6.45) is 2.32. The highest BCUT2D eigenvalue weighted by molar-refractivity contribution is 6.93. The van der Waals surface area contributed by atoms with Gasteiger partial charge in [-0.25, -0.2) is 0 Å². The lowest BCUT2D eigenvalue weighted by molar-refractivity contribution is 0.332. The van der Waals surface area contributed by atoms with E-state index in [4.69, 9.17) is 4.42 Å². The van der Waals surface area contributed by atoms with Crippen molar-refractivity contribution in [3.05, 3.63) is 185 Å². The third-order valence-electron chi connectivity index (χ3n) is 14.8. The molecule has 0 atom stereocenters. The van der Waals surface area contributed by atoms with Crippen molar-refractivity contribution in [3.8, 4) is 16.8 Å². The zero-order chi connectivity index (χ0) is 38.9. The van der Waals surface area contributed by atoms with Gasteiger partial charge in [-0.2, -0.15) is 0 Å². The molecule has 0 saturated carbocycles. The molecule has 0 N–H and O–H groups in total. The van der Waals surface area contributed by atoms with Gasteiger partial charge in [0.2, 0.25) is 0 Å². The van der Waals surface area contributed by atoms with E-state index in [-0.39, 0.29) is 17.7 Å². The van der Waals surface area contributed by atoms with E-state index in [9.17, 15) is 0 Å². The smallest absolute Gasteiger partial charge is 0.375 e. The van der Waals surface area contributed by atoms with E-state index in [2.05, 4.69) is 190 Å². The Kier molecular flexibility index (Phi) is 6.12. The van der Waals surface area contributed by atoms with Crippen molar-refractivity contribution in [1.29, 1.82) is 0 Å². The first-order valence-electron chi connectivity index (χ1n) is 21.0. The second kappa shape index (κ2) is 10.8. The van der Waals surface area contributed by atoms with Crippen molar-refractivity contribution >= 4 is 62.1 Å². The van der Waals surface area contributed by atoms with Crippen LogP contribution in [0, 0.1) is 6.92 Å². The summed E-state index contributed by atoms with van der Waals surface area (Å²) in [5.74, 6) is 0. The average molecular weight is 747 g/mol. The van der Waals surface area contributed by atoms with Gasteiger partial charge in [-0.1, -0.05) is 149 Å². The first kappa shape index (κ1) is 32.8. The van der Waals surface area contributed by atoms with E-state index in [1.54, 1.807) is 0 Å². The molecule has 4 heteroatoms. The quantitative estimate of drug-likeness (QED) is 0.164. The molecule has 0 fully saturated rings. The third kappa shape index (κ3) is 3.78. The van der Waals surface area contributed by atoms with Gasteiger partial charge in [-0.3, -0.25) is 0 Å². The SMILES string of the molecule is Cc1cc2c3c4c1c1ccccc1n4-c1c(oc4cc5c(cc14)C(C)(C)CCC5(C)C)B3N1c3ccccc3C(c3ccccc3)(c3ccccc3)c3cccc-2c31. The number of hydrogen-bond acceptors (Lipinski definition) is 2. The molecular formula is C54H43BN2O. The molecule has 3 nitrogen and oxygen atoms in total. The number of aromatic nitrogens is 1. The minimum absolute atomic E-state index is 0.0652. The first-order chi connectivity index (χ1) is 28.2. The fourth-order valence-electron chi connectivity index (χ4n) is 12.1. The molecule has 0 radical (unpaired) electrons. The molecule has 3 aliphatic heterocycles. The van der Waals surface area contributed by atoms with Crippen molar-refractivity contribution in [2.75, 3.05) is 4.81 Å². The summed E-state index contributed by atoms with van der Waals surface area (Å²) in [5.41, 5.74) is 21.0. The molecule has 13 rings (SSSR count). The van der Waals surface area contributed by atoms with Crippen LogP contribution in [0.1, 0.15) is 79.5 Å². The molecule has 4 aliphatic rings. The highest BCUT2D eigenvalue weighted by Crippen LogP contribution is 2.60. The Morgan fingerprint density at radius 1 is 0.569 bits per heavy atom. The molecule has 0 saturated heterocycles. The Bertz CT molecular complexity index is 3220. The summed E-state index contributed by atoms with van der Waals surface area (Å²) in [4.78, 5) is 2.68. The van der Waals surface area contributed by atoms with Gasteiger partial charge in [0.15, 0.2) is 0 Å². The van der Waals surface area contributed by atoms with Crippen LogP contribution in [-0.2, 0) is 16.2 Å². The van der Waals surface area contributed by atoms with Gasteiger partial charge < -0.3 is 13.8 Å². The summed E-state index contributed by atoms with van der Waals surface area (Å²) >= 11 is 0. The van der Waals surface area contributed by atoms with Crippen LogP contribution in [0.2, 0.25) is 0 Å². The molecule has 0 unspecified atom stereocenters. The van der Waals surface area contributed by atoms with E-state index in [0.29, 0.717) is 0 Å².